The molecule has 1 heterocycles. The molecule has 1 fully saturated rings. The van der Waals surface area contributed by atoms with Crippen molar-refractivity contribution >= 4 is 26.0 Å². The van der Waals surface area contributed by atoms with E-state index >= 15 is 0 Å². The van der Waals surface area contributed by atoms with Crippen LogP contribution in [-0.4, -0.2) is 59.9 Å². The number of nitrogens with one attached hydrogen (secondary N) is 2. The van der Waals surface area contributed by atoms with Gasteiger partial charge < -0.3 is 9.64 Å². The van der Waals surface area contributed by atoms with Gasteiger partial charge in [-0.1, -0.05) is 0 Å². The lowest BCUT2D eigenvalue weighted by Crippen LogP contribution is -2.52. The van der Waals surface area contributed by atoms with Gasteiger partial charge in [-0.15, -0.1) is 0 Å². The highest BCUT2D eigenvalue weighted by Gasteiger charge is 2.30. The topological polar surface area (TPSA) is 122 Å². The average Bonchev–Trinajstić information content (AvgIpc) is 2.79. The predicted octanol–water partition coefficient (Wildman–Crippen LogP) is 1.47. The minimum atomic E-state index is -3.91. The Morgan fingerprint density at radius 3 is 2.03 bits per heavy atom. The summed E-state index contributed by atoms with van der Waals surface area (Å²) >= 11 is 0. The minimum absolute atomic E-state index is 0.0110. The summed E-state index contributed by atoms with van der Waals surface area (Å²) < 4.78 is 73.1. The first kappa shape index (κ1) is 25.1. The molecule has 1 amide bonds. The van der Waals surface area contributed by atoms with Crippen molar-refractivity contribution in [2.75, 3.05) is 20.2 Å². The zero-order chi connectivity index (χ0) is 24.2. The molecular weight excluding hydrogens is 473 g/mol. The minimum Gasteiger partial charge on any atom is -0.497 e. The van der Waals surface area contributed by atoms with Gasteiger partial charge in [0, 0.05) is 19.1 Å². The summed E-state index contributed by atoms with van der Waals surface area (Å²) in [6.45, 7) is 2.00. The number of carbonyl (C=O) groups is 1. The fourth-order valence-corrected chi connectivity index (χ4v) is 6.00. The Morgan fingerprint density at radius 2 is 1.48 bits per heavy atom. The van der Waals surface area contributed by atoms with Gasteiger partial charge in [-0.25, -0.2) is 25.9 Å². The monoisotopic (exact) mass is 499 g/mol. The van der Waals surface area contributed by atoms with E-state index in [9.17, 15) is 26.0 Å². The number of sulfonamides is 2. The zero-order valence-corrected chi connectivity index (χ0v) is 19.8. The third kappa shape index (κ3) is 6.28. The molecule has 0 spiro atoms. The molecule has 2 aromatic carbocycles. The molecule has 2 aromatic rings. The molecule has 9 nitrogen and oxygen atoms in total. The predicted molar refractivity (Wildman–Crippen MR) is 119 cm³/mol. The highest BCUT2D eigenvalue weighted by Crippen LogP contribution is 2.18. The number of hydrogen-bond acceptors (Lipinski definition) is 6. The van der Waals surface area contributed by atoms with Crippen LogP contribution in [0.4, 0.5) is 4.39 Å². The number of halogens is 1. The van der Waals surface area contributed by atoms with E-state index in [2.05, 4.69) is 9.44 Å². The average molecular weight is 500 g/mol. The number of carbonyl (C=O) groups excluding carboxylic acids is 1. The van der Waals surface area contributed by atoms with Crippen molar-refractivity contribution < 1.29 is 30.8 Å². The lowest BCUT2D eigenvalue weighted by atomic mass is 10.1. The van der Waals surface area contributed by atoms with Crippen molar-refractivity contribution in [1.82, 2.24) is 14.3 Å². The number of benzene rings is 2. The molecule has 33 heavy (non-hydrogen) atoms. The van der Waals surface area contributed by atoms with Crippen molar-refractivity contribution in [1.29, 1.82) is 0 Å². The van der Waals surface area contributed by atoms with E-state index in [-0.39, 0.29) is 22.9 Å². The Balaban J connectivity index is 1.55. The van der Waals surface area contributed by atoms with Crippen molar-refractivity contribution in [2.24, 2.45) is 0 Å². The number of methoxy groups -OCH3 is 1. The van der Waals surface area contributed by atoms with Gasteiger partial charge in [0.2, 0.25) is 26.0 Å². The summed E-state index contributed by atoms with van der Waals surface area (Å²) in [6.07, 6.45) is 0.730. The van der Waals surface area contributed by atoms with Crippen LogP contribution >= 0.6 is 0 Å². The molecule has 1 atom stereocenters. The Labute approximate surface area is 193 Å². The van der Waals surface area contributed by atoms with Crippen LogP contribution in [0.15, 0.2) is 58.3 Å². The highest BCUT2D eigenvalue weighted by atomic mass is 32.2. The van der Waals surface area contributed by atoms with Crippen molar-refractivity contribution in [3.63, 3.8) is 0 Å². The molecule has 3 rings (SSSR count). The van der Waals surface area contributed by atoms with Gasteiger partial charge in [0.1, 0.15) is 11.6 Å². The van der Waals surface area contributed by atoms with E-state index in [1.807, 2.05) is 0 Å². The van der Waals surface area contributed by atoms with Gasteiger partial charge in [0.25, 0.3) is 0 Å². The van der Waals surface area contributed by atoms with Gasteiger partial charge in [-0.05, 0) is 68.3 Å². The summed E-state index contributed by atoms with van der Waals surface area (Å²) in [5.74, 6) is -0.416. The van der Waals surface area contributed by atoms with Gasteiger partial charge in [-0.2, -0.15) is 4.72 Å². The van der Waals surface area contributed by atoms with Crippen LogP contribution in [0.25, 0.3) is 0 Å². The second kappa shape index (κ2) is 10.2. The van der Waals surface area contributed by atoms with E-state index in [1.54, 1.807) is 0 Å². The fraction of sp³-hybridized carbons (Fsp3) is 0.381. The molecule has 0 unspecified atom stereocenters. The lowest BCUT2D eigenvalue weighted by Gasteiger charge is -2.33. The van der Waals surface area contributed by atoms with E-state index in [4.69, 9.17) is 4.74 Å². The number of ether oxygens (including phenoxy) is 1. The second-order valence-electron chi connectivity index (χ2n) is 7.69. The van der Waals surface area contributed by atoms with Crippen LogP contribution in [0.2, 0.25) is 0 Å². The van der Waals surface area contributed by atoms with Crippen LogP contribution in [0, 0.1) is 5.82 Å². The molecule has 1 aliphatic heterocycles. The standard InChI is InChI=1S/C21H26FN3O6S2/c1-15(23-32(27,28)20-9-5-18(31-2)6-10-20)21(26)25-13-11-17(12-14-25)24-33(29,30)19-7-3-16(22)4-8-19/h3-10,15,17,23-24H,11-14H2,1-2H3/t15-/m0/s1. The summed E-state index contributed by atoms with van der Waals surface area (Å²) in [5.41, 5.74) is 0. The maximum atomic E-state index is 13.0. The molecular formula is C21H26FN3O6S2. The molecule has 0 aromatic heterocycles. The number of piperidine rings is 1. The van der Waals surface area contributed by atoms with Crippen LogP contribution in [0.5, 0.6) is 5.75 Å². The molecule has 0 radical (unpaired) electrons. The summed E-state index contributed by atoms with van der Waals surface area (Å²) in [4.78, 5) is 14.2. The maximum absolute atomic E-state index is 13.0. The quantitative estimate of drug-likeness (QED) is 0.567. The highest BCUT2D eigenvalue weighted by molar-refractivity contribution is 7.89. The van der Waals surface area contributed by atoms with Crippen molar-refractivity contribution in [3.05, 3.63) is 54.3 Å². The zero-order valence-electron chi connectivity index (χ0n) is 18.2. The van der Waals surface area contributed by atoms with Crippen molar-refractivity contribution in [3.8, 4) is 5.75 Å². The van der Waals surface area contributed by atoms with E-state index < -0.39 is 43.9 Å². The normalized spacial score (nSPS) is 16.4. The number of amides is 1. The van der Waals surface area contributed by atoms with Crippen LogP contribution in [0.1, 0.15) is 19.8 Å². The first-order chi connectivity index (χ1) is 15.5. The lowest BCUT2D eigenvalue weighted by molar-refractivity contribution is -0.133. The fourth-order valence-electron chi connectivity index (χ4n) is 3.50. The largest absolute Gasteiger partial charge is 0.497 e. The molecule has 1 saturated heterocycles. The van der Waals surface area contributed by atoms with Gasteiger partial charge in [0.15, 0.2) is 0 Å². The van der Waals surface area contributed by atoms with E-state index in [1.165, 1.54) is 55.3 Å². The molecule has 1 aliphatic rings. The number of nitrogens with zero attached hydrogens (tertiary/aromatic N) is 1. The Bertz CT molecular complexity index is 1180. The first-order valence-corrected chi connectivity index (χ1v) is 13.2. The molecule has 0 aliphatic carbocycles. The summed E-state index contributed by atoms with van der Waals surface area (Å²) in [7, 11) is -6.25. The molecule has 0 bridgehead atoms. The number of rotatable bonds is 8. The number of likely N-dealkylation sites (tertiary alicyclic amines) is 1. The van der Waals surface area contributed by atoms with Gasteiger partial charge in [0.05, 0.1) is 22.9 Å². The van der Waals surface area contributed by atoms with E-state index in [0.29, 0.717) is 18.6 Å². The Kier molecular flexibility index (Phi) is 7.73. The van der Waals surface area contributed by atoms with Crippen LogP contribution in [0.3, 0.4) is 0 Å². The molecule has 12 heteroatoms. The van der Waals surface area contributed by atoms with Gasteiger partial charge >= 0.3 is 0 Å². The molecule has 0 saturated carbocycles. The third-order valence-corrected chi connectivity index (χ3v) is 8.42. The molecule has 2 N–H and O–H groups in total. The maximum Gasteiger partial charge on any atom is 0.241 e. The summed E-state index contributed by atoms with van der Waals surface area (Å²) in [6, 6.07) is 8.93. The van der Waals surface area contributed by atoms with Crippen LogP contribution < -0.4 is 14.2 Å². The van der Waals surface area contributed by atoms with E-state index in [0.717, 1.165) is 12.1 Å². The van der Waals surface area contributed by atoms with Gasteiger partial charge in [-0.3, -0.25) is 4.79 Å². The van der Waals surface area contributed by atoms with Crippen molar-refractivity contribution in [2.45, 2.75) is 41.6 Å². The smallest absolute Gasteiger partial charge is 0.241 e. The Hall–Kier alpha value is -2.54. The summed E-state index contributed by atoms with van der Waals surface area (Å²) in [5, 5.41) is 0. The first-order valence-electron chi connectivity index (χ1n) is 10.2. The third-order valence-electron chi connectivity index (χ3n) is 5.32. The number of hydrogen-bond donors (Lipinski definition) is 2. The second-order valence-corrected chi connectivity index (χ2v) is 11.1. The SMILES string of the molecule is COc1ccc(S(=O)(=O)N[C@@H](C)C(=O)N2CCC(NS(=O)(=O)c3ccc(F)cc3)CC2)cc1. The molecule has 180 valence electrons. The Morgan fingerprint density at radius 1 is 0.970 bits per heavy atom. The van der Waals surface area contributed by atoms with Crippen LogP contribution in [-0.2, 0) is 24.8 Å².